The Morgan fingerprint density at radius 3 is 1.61 bits per heavy atom. The standard InChI is InChI=1S/C70H68N4O/c1-67(2,3)48-32-35-61-60(41-48)58-34-33-55(44-63(58)74(61)64-42-49(36-37-71-64)68(4,5)6)75-54-27-19-26-52(43-54)72-45-73(53-39-50(69(7,8)9)38-51(40-53)70(10,11)12)66-59(30-21-31-62(66)72)65-56(46-22-15-13-16-23-46)28-20-29-57(65)47-24-17-14-18-25-47/h13-44H,1-12H3/q+2. The molecule has 0 unspecified atom stereocenters. The Kier molecular flexibility index (Phi) is 12.0. The molecule has 0 N–H and O–H groups in total. The molecule has 0 amide bonds. The van der Waals surface area contributed by atoms with Gasteiger partial charge >= 0.3 is 11.7 Å². The summed E-state index contributed by atoms with van der Waals surface area (Å²) in [5.41, 5.74) is 18.0. The molecule has 10 aromatic rings. The van der Waals surface area contributed by atoms with Gasteiger partial charge in [-0.2, -0.15) is 0 Å². The highest BCUT2D eigenvalue weighted by molar-refractivity contribution is 6.10. The summed E-state index contributed by atoms with van der Waals surface area (Å²) in [5, 5.41) is 2.35. The topological polar surface area (TPSA) is 33.1 Å². The van der Waals surface area contributed by atoms with Crippen molar-refractivity contribution in [3.05, 3.63) is 217 Å². The molecule has 0 aliphatic carbocycles. The lowest BCUT2D eigenvalue weighted by Crippen LogP contribution is -2.17. The third-order valence-corrected chi connectivity index (χ3v) is 14.8. The van der Waals surface area contributed by atoms with E-state index >= 15 is 0 Å². The molecule has 1 aliphatic heterocycles. The van der Waals surface area contributed by atoms with Crippen molar-refractivity contribution in [2.75, 3.05) is 0 Å². The van der Waals surface area contributed by atoms with Gasteiger partial charge in [-0.15, -0.1) is 0 Å². The largest absolute Gasteiger partial charge is 0.503 e. The second-order valence-electron chi connectivity index (χ2n) is 24.4. The van der Waals surface area contributed by atoms with Gasteiger partial charge in [-0.25, -0.2) is 4.98 Å². The Labute approximate surface area is 443 Å². The molecule has 0 bridgehead atoms. The summed E-state index contributed by atoms with van der Waals surface area (Å²) in [5.74, 6) is 2.35. The molecule has 0 fully saturated rings. The van der Waals surface area contributed by atoms with E-state index in [1.54, 1.807) is 0 Å². The van der Waals surface area contributed by atoms with Crippen LogP contribution < -0.4 is 13.9 Å². The van der Waals surface area contributed by atoms with Crippen LogP contribution in [0, 0.1) is 0 Å². The van der Waals surface area contributed by atoms with Gasteiger partial charge in [0.25, 0.3) is 5.69 Å². The fourth-order valence-corrected chi connectivity index (χ4v) is 10.5. The first-order chi connectivity index (χ1) is 35.7. The SMILES string of the molecule is CC(C)(C)c1cc([N+]2=C=[N+](c3cccc(Oc4ccc5c6cc(C(C)(C)C)ccc6n(-c6cc(C(C)(C)C)ccn6)c5c4)c3)c3cccc(-c4c(-c5ccccc5)cccc4-c4ccccc4)c32)cc(C(C)(C)C)c1. The van der Waals surface area contributed by atoms with E-state index in [4.69, 9.17) is 9.72 Å². The monoisotopic (exact) mass is 981 g/mol. The van der Waals surface area contributed by atoms with E-state index in [9.17, 15) is 0 Å². The van der Waals surface area contributed by atoms with Crippen LogP contribution in [0.1, 0.15) is 105 Å². The van der Waals surface area contributed by atoms with E-state index in [1.807, 2.05) is 12.3 Å². The number of nitrogens with zero attached hydrogens (tertiary/aromatic N) is 4. The Bertz CT molecular complexity index is 3830. The molecule has 2 aromatic heterocycles. The molecule has 0 spiro atoms. The average molecular weight is 981 g/mol. The minimum absolute atomic E-state index is 0.00598. The third-order valence-electron chi connectivity index (χ3n) is 14.8. The van der Waals surface area contributed by atoms with E-state index in [0.717, 1.165) is 73.2 Å². The van der Waals surface area contributed by atoms with E-state index in [0.29, 0.717) is 0 Å². The molecule has 0 saturated heterocycles. The van der Waals surface area contributed by atoms with Gasteiger partial charge in [0.05, 0.1) is 22.7 Å². The minimum atomic E-state index is -0.0937. The number of ether oxygens (including phenoxy) is 1. The molecule has 0 radical (unpaired) electrons. The van der Waals surface area contributed by atoms with E-state index in [-0.39, 0.29) is 21.7 Å². The van der Waals surface area contributed by atoms with Gasteiger partial charge in [0.2, 0.25) is 11.4 Å². The molecule has 3 heterocycles. The molecule has 0 saturated carbocycles. The lowest BCUT2D eigenvalue weighted by atomic mass is 9.80. The first kappa shape index (κ1) is 49.1. The highest BCUT2D eigenvalue weighted by Gasteiger charge is 2.41. The molecule has 0 atom stereocenters. The molecule has 5 nitrogen and oxygen atoms in total. The van der Waals surface area contributed by atoms with E-state index in [1.165, 1.54) is 44.3 Å². The van der Waals surface area contributed by atoms with Crippen molar-refractivity contribution in [2.24, 2.45) is 0 Å². The Morgan fingerprint density at radius 2 is 0.987 bits per heavy atom. The van der Waals surface area contributed by atoms with Crippen LogP contribution in [0.2, 0.25) is 0 Å². The molecule has 1 aliphatic rings. The van der Waals surface area contributed by atoms with Crippen LogP contribution in [0.4, 0.5) is 22.7 Å². The number of fused-ring (bicyclic) bond motifs is 4. The Morgan fingerprint density at radius 1 is 0.413 bits per heavy atom. The fraction of sp³-hybridized carbons (Fsp3) is 0.229. The highest BCUT2D eigenvalue weighted by atomic mass is 16.5. The number of pyridine rings is 1. The van der Waals surface area contributed by atoms with Crippen molar-refractivity contribution in [1.29, 1.82) is 0 Å². The second-order valence-corrected chi connectivity index (χ2v) is 24.4. The number of aromatic nitrogens is 2. The first-order valence-corrected chi connectivity index (χ1v) is 26.4. The second kappa shape index (κ2) is 18.4. The van der Waals surface area contributed by atoms with Crippen LogP contribution in [0.25, 0.3) is 61.0 Å². The van der Waals surface area contributed by atoms with Gasteiger partial charge in [0.1, 0.15) is 17.3 Å². The lowest BCUT2D eigenvalue weighted by molar-refractivity contribution is 0.483. The molecular weight excluding hydrogens is 913 g/mol. The van der Waals surface area contributed by atoms with Crippen molar-refractivity contribution in [2.45, 2.75) is 105 Å². The normalized spacial score (nSPS) is 13.0. The maximum Gasteiger partial charge on any atom is 0.503 e. The number of hydrogen-bond acceptors (Lipinski definition) is 2. The van der Waals surface area contributed by atoms with Gasteiger partial charge in [0, 0.05) is 52.9 Å². The van der Waals surface area contributed by atoms with Crippen LogP contribution in [0.5, 0.6) is 11.5 Å². The summed E-state index contributed by atoms with van der Waals surface area (Å²) in [4.78, 5) is 4.99. The average Bonchev–Trinajstić information content (AvgIpc) is 3.96. The number of para-hydroxylation sites is 1. The zero-order valence-corrected chi connectivity index (χ0v) is 45.7. The van der Waals surface area contributed by atoms with Gasteiger partial charge in [-0.3, -0.25) is 4.57 Å². The smallest absolute Gasteiger partial charge is 0.457 e. The number of rotatable bonds is 8. The zero-order valence-electron chi connectivity index (χ0n) is 45.7. The van der Waals surface area contributed by atoms with E-state index in [2.05, 4.69) is 285 Å². The van der Waals surface area contributed by atoms with Crippen LogP contribution in [0.15, 0.2) is 194 Å². The number of hydrogen-bond donors (Lipinski definition) is 0. The predicted molar refractivity (Wildman–Crippen MR) is 317 cm³/mol. The van der Waals surface area contributed by atoms with Gasteiger partial charge in [-0.1, -0.05) is 186 Å². The van der Waals surface area contributed by atoms with Crippen LogP contribution in [-0.4, -0.2) is 15.6 Å². The van der Waals surface area contributed by atoms with Crippen molar-refractivity contribution in [1.82, 2.24) is 18.7 Å². The molecule has 11 rings (SSSR count). The molecule has 372 valence electrons. The minimum Gasteiger partial charge on any atom is -0.457 e. The maximum atomic E-state index is 6.96. The Hall–Kier alpha value is -8.11. The van der Waals surface area contributed by atoms with Gasteiger partial charge in [-0.05, 0) is 124 Å². The molecule has 5 heteroatoms. The third kappa shape index (κ3) is 9.32. The van der Waals surface area contributed by atoms with Crippen LogP contribution in [0.3, 0.4) is 0 Å². The van der Waals surface area contributed by atoms with Crippen molar-refractivity contribution in [3.63, 3.8) is 0 Å². The Balaban J connectivity index is 1.10. The van der Waals surface area contributed by atoms with Gasteiger partial charge < -0.3 is 4.74 Å². The van der Waals surface area contributed by atoms with Gasteiger partial charge in [0.15, 0.2) is 0 Å². The predicted octanol–water partition coefficient (Wildman–Crippen LogP) is 19.0. The van der Waals surface area contributed by atoms with Crippen molar-refractivity contribution < 1.29 is 4.74 Å². The quantitative estimate of drug-likeness (QED) is 0.142. The summed E-state index contributed by atoms with van der Waals surface area (Å²) < 4.78 is 13.8. The van der Waals surface area contributed by atoms with Crippen molar-refractivity contribution in [3.8, 4) is 50.7 Å². The summed E-state index contributed by atoms with van der Waals surface area (Å²) in [6, 6.07) is 72.2. The maximum absolute atomic E-state index is 6.96. The lowest BCUT2D eigenvalue weighted by Gasteiger charge is -2.24. The summed E-state index contributed by atoms with van der Waals surface area (Å²) in [6.07, 6.45) is 1.94. The highest BCUT2D eigenvalue weighted by Crippen LogP contribution is 2.50. The molecule has 8 aromatic carbocycles. The van der Waals surface area contributed by atoms with Crippen LogP contribution >= 0.6 is 0 Å². The van der Waals surface area contributed by atoms with Crippen molar-refractivity contribution >= 4 is 50.6 Å². The summed E-state index contributed by atoms with van der Waals surface area (Å²) >= 11 is 0. The summed E-state index contributed by atoms with van der Waals surface area (Å²) in [6.45, 7) is 27.4. The first-order valence-electron chi connectivity index (χ1n) is 26.4. The van der Waals surface area contributed by atoms with Crippen LogP contribution in [-0.2, 0) is 21.7 Å². The number of benzene rings is 8. The zero-order chi connectivity index (χ0) is 52.6. The fourth-order valence-electron chi connectivity index (χ4n) is 10.5. The van der Waals surface area contributed by atoms with E-state index < -0.39 is 0 Å². The molecular formula is C70H68N4O+2. The molecule has 75 heavy (non-hydrogen) atoms. The summed E-state index contributed by atoms with van der Waals surface area (Å²) in [7, 11) is 0.